The van der Waals surface area contributed by atoms with E-state index < -0.39 is 5.60 Å². The smallest absolute Gasteiger partial charge is 0.308 e. The Labute approximate surface area is 216 Å². The average molecular weight is 497 g/mol. The number of ether oxygens (including phenoxy) is 2. The molecule has 0 saturated heterocycles. The van der Waals surface area contributed by atoms with E-state index in [0.717, 1.165) is 76.7 Å². The van der Waals surface area contributed by atoms with E-state index in [4.69, 9.17) is 26.7 Å². The van der Waals surface area contributed by atoms with Crippen LogP contribution in [0.15, 0.2) is 12.1 Å². The Bertz CT molecular complexity index is 1110. The van der Waals surface area contributed by atoms with Crippen LogP contribution in [0.2, 0.25) is 0 Å². The van der Waals surface area contributed by atoms with Gasteiger partial charge in [0.05, 0.1) is 0 Å². The number of hydrogen-bond donors (Lipinski definition) is 0. The lowest BCUT2D eigenvalue weighted by Gasteiger charge is -2.42. The number of aryl methyl sites for hydroxylation is 2. The monoisotopic (exact) mass is 496 g/mol. The van der Waals surface area contributed by atoms with Gasteiger partial charge in [-0.05, 0) is 95.2 Å². The second kappa shape index (κ2) is 11.1. The highest BCUT2D eigenvalue weighted by atomic mass is 32.1. The van der Waals surface area contributed by atoms with Gasteiger partial charge in [-0.15, -0.1) is 0 Å². The van der Waals surface area contributed by atoms with Crippen LogP contribution in [0, 0.1) is 34.6 Å². The molecule has 0 saturated carbocycles. The summed E-state index contributed by atoms with van der Waals surface area (Å²) in [7, 11) is 0. The van der Waals surface area contributed by atoms with Crippen molar-refractivity contribution in [3.8, 4) is 11.5 Å². The normalized spacial score (nSPS) is 16.9. The highest BCUT2D eigenvalue weighted by molar-refractivity contribution is 7.80. The molecule has 190 valence electrons. The lowest BCUT2D eigenvalue weighted by atomic mass is 9.86. The third-order valence-electron chi connectivity index (χ3n) is 7.03. The van der Waals surface area contributed by atoms with Gasteiger partial charge in [-0.2, -0.15) is 0 Å². The molecule has 1 unspecified atom stereocenters. The number of unbranched alkanes of at least 4 members (excludes halogenated alkanes) is 3. The van der Waals surface area contributed by atoms with Gasteiger partial charge >= 0.3 is 5.97 Å². The maximum atomic E-state index is 11.7. The molecule has 0 bridgehead atoms. The Hall–Kier alpha value is -2.47. The molecule has 0 spiro atoms. The summed E-state index contributed by atoms with van der Waals surface area (Å²) in [4.78, 5) is 19.5. The Balaban J connectivity index is 1.98. The van der Waals surface area contributed by atoms with Crippen LogP contribution in [0.5, 0.6) is 11.5 Å². The third kappa shape index (κ3) is 5.85. The molecule has 0 fully saturated rings. The number of pyridine rings is 1. The second-order valence-electron chi connectivity index (χ2n) is 10.1. The number of fused-ring (bicyclic) bond motifs is 1. The summed E-state index contributed by atoms with van der Waals surface area (Å²) in [6, 6.07) is 4.21. The molecule has 2 heterocycles. The van der Waals surface area contributed by atoms with Crippen molar-refractivity contribution < 1.29 is 14.3 Å². The highest BCUT2D eigenvalue weighted by Crippen LogP contribution is 2.44. The summed E-state index contributed by atoms with van der Waals surface area (Å²) in [5.74, 6) is 2.11. The molecule has 1 aliphatic heterocycles. The fourth-order valence-electron chi connectivity index (χ4n) is 4.94. The van der Waals surface area contributed by atoms with Crippen molar-refractivity contribution >= 4 is 29.0 Å². The van der Waals surface area contributed by atoms with E-state index in [1.807, 2.05) is 27.7 Å². The molecule has 0 radical (unpaired) electrons. The van der Waals surface area contributed by atoms with Crippen molar-refractivity contribution in [3.63, 3.8) is 0 Å². The second-order valence-corrected chi connectivity index (χ2v) is 10.5. The Morgan fingerprint density at radius 3 is 2.46 bits per heavy atom. The van der Waals surface area contributed by atoms with Crippen molar-refractivity contribution in [2.24, 2.45) is 0 Å². The first-order valence-electron chi connectivity index (χ1n) is 12.8. The van der Waals surface area contributed by atoms with Crippen molar-refractivity contribution in [2.45, 2.75) is 99.5 Å². The first kappa shape index (κ1) is 27.1. The van der Waals surface area contributed by atoms with Gasteiger partial charge in [-0.3, -0.25) is 4.79 Å². The van der Waals surface area contributed by atoms with Gasteiger partial charge in [0, 0.05) is 24.7 Å². The predicted molar refractivity (Wildman–Crippen MR) is 147 cm³/mol. The van der Waals surface area contributed by atoms with E-state index in [9.17, 15) is 4.79 Å². The summed E-state index contributed by atoms with van der Waals surface area (Å²) in [5, 5.41) is 0. The molecule has 1 aromatic carbocycles. The molecule has 35 heavy (non-hydrogen) atoms. The lowest BCUT2D eigenvalue weighted by Crippen LogP contribution is -2.52. The van der Waals surface area contributed by atoms with Crippen LogP contribution in [0.4, 0.5) is 5.82 Å². The van der Waals surface area contributed by atoms with E-state index in [-0.39, 0.29) is 5.97 Å². The number of esters is 1. The topological polar surface area (TPSA) is 51.7 Å². The largest absolute Gasteiger partial charge is 0.480 e. The fourth-order valence-corrected chi connectivity index (χ4v) is 5.27. The highest BCUT2D eigenvalue weighted by Gasteiger charge is 2.41. The third-order valence-corrected chi connectivity index (χ3v) is 7.68. The number of carbonyl (C=O) groups excluding carboxylic acids is 1. The summed E-state index contributed by atoms with van der Waals surface area (Å²) in [6.45, 7) is 16.7. The molecule has 0 amide bonds. The number of aromatic nitrogens is 1. The van der Waals surface area contributed by atoms with E-state index in [1.54, 1.807) is 0 Å². The average Bonchev–Trinajstić information content (AvgIpc) is 2.79. The first-order chi connectivity index (χ1) is 16.5. The minimum absolute atomic E-state index is 0.307. The fraction of sp³-hybridized carbons (Fsp3) is 0.552. The predicted octanol–water partition coefficient (Wildman–Crippen LogP) is 7.05. The van der Waals surface area contributed by atoms with Gasteiger partial charge in [0.2, 0.25) is 0 Å². The van der Waals surface area contributed by atoms with Crippen molar-refractivity contribution in [2.75, 3.05) is 11.4 Å². The van der Waals surface area contributed by atoms with Gasteiger partial charge in [-0.1, -0.05) is 38.4 Å². The summed E-state index contributed by atoms with van der Waals surface area (Å²) in [6.07, 6.45) is 6.17. The summed E-state index contributed by atoms with van der Waals surface area (Å²) >= 11 is 6.17. The van der Waals surface area contributed by atoms with E-state index in [2.05, 4.69) is 37.8 Å². The van der Waals surface area contributed by atoms with Gasteiger partial charge in [0.1, 0.15) is 22.3 Å². The molecule has 1 aromatic heterocycles. The van der Waals surface area contributed by atoms with Crippen LogP contribution in [0.1, 0.15) is 86.4 Å². The molecule has 0 N–H and O–H groups in total. The van der Waals surface area contributed by atoms with Crippen LogP contribution < -0.4 is 14.4 Å². The Morgan fingerprint density at radius 2 is 1.83 bits per heavy atom. The van der Waals surface area contributed by atoms with Gasteiger partial charge in [0.25, 0.3) is 0 Å². The molecular formula is C29H40N2O3S. The van der Waals surface area contributed by atoms with Crippen molar-refractivity contribution in [1.29, 1.82) is 0 Å². The molecule has 2 aromatic rings. The van der Waals surface area contributed by atoms with Crippen LogP contribution >= 0.6 is 12.2 Å². The Kier molecular flexibility index (Phi) is 8.58. The van der Waals surface area contributed by atoms with E-state index in [0.29, 0.717) is 5.75 Å². The number of nitrogens with zero attached hydrogens (tertiary/aromatic N) is 2. The summed E-state index contributed by atoms with van der Waals surface area (Å²) in [5.41, 5.74) is 5.52. The minimum Gasteiger partial charge on any atom is -0.480 e. The standard InChI is InChI=1S/C29H40N2O3S/c1-9-10-11-12-15-31(25-17-18(2)16-19(3)30-25)28(35)29(8)14-13-24-22(6)26(33-23(7)32)20(4)21(5)27(24)34-29/h16-17H,9-15H2,1-8H3. The minimum atomic E-state index is -0.640. The van der Waals surface area contributed by atoms with E-state index in [1.165, 1.54) is 25.3 Å². The lowest BCUT2D eigenvalue weighted by molar-refractivity contribution is -0.132. The number of rotatable bonds is 8. The number of carbonyl (C=O) groups is 1. The van der Waals surface area contributed by atoms with Gasteiger partial charge in [-0.25, -0.2) is 4.98 Å². The quantitative estimate of drug-likeness (QED) is 0.169. The van der Waals surface area contributed by atoms with Crippen molar-refractivity contribution in [1.82, 2.24) is 4.98 Å². The maximum Gasteiger partial charge on any atom is 0.308 e. The number of hydrogen-bond acceptors (Lipinski definition) is 5. The van der Waals surface area contributed by atoms with Crippen molar-refractivity contribution in [3.05, 3.63) is 45.6 Å². The van der Waals surface area contributed by atoms with Gasteiger partial charge in [0.15, 0.2) is 5.60 Å². The zero-order valence-corrected chi connectivity index (χ0v) is 23.4. The SMILES string of the molecule is CCCCCCN(C(=S)C1(C)CCc2c(C)c(OC(C)=O)c(C)c(C)c2O1)c1cc(C)cc(C)n1. The number of thiocarbonyl (C=S) groups is 1. The van der Waals surface area contributed by atoms with Crippen LogP contribution in [-0.2, 0) is 11.2 Å². The zero-order valence-electron chi connectivity index (χ0n) is 22.6. The van der Waals surface area contributed by atoms with Crippen LogP contribution in [-0.4, -0.2) is 28.1 Å². The molecule has 1 atom stereocenters. The zero-order chi connectivity index (χ0) is 25.9. The van der Waals surface area contributed by atoms with Gasteiger partial charge < -0.3 is 14.4 Å². The first-order valence-corrected chi connectivity index (χ1v) is 13.2. The number of benzene rings is 1. The van der Waals surface area contributed by atoms with Crippen LogP contribution in [0.3, 0.4) is 0 Å². The molecule has 1 aliphatic rings. The maximum absolute atomic E-state index is 11.7. The van der Waals surface area contributed by atoms with E-state index >= 15 is 0 Å². The molecule has 3 rings (SSSR count). The Morgan fingerprint density at radius 1 is 1.11 bits per heavy atom. The number of anilines is 1. The molecular weight excluding hydrogens is 456 g/mol. The molecule has 6 heteroatoms. The molecule has 5 nitrogen and oxygen atoms in total. The van der Waals surface area contributed by atoms with Crippen LogP contribution in [0.25, 0.3) is 0 Å². The molecule has 0 aliphatic carbocycles. The summed E-state index contributed by atoms with van der Waals surface area (Å²) < 4.78 is 12.3.